The van der Waals surface area contributed by atoms with E-state index in [0.717, 1.165) is 12.0 Å². The molecule has 0 bridgehead atoms. The fourth-order valence-corrected chi connectivity index (χ4v) is 3.02. The van der Waals surface area contributed by atoms with E-state index in [1.54, 1.807) is 24.3 Å². The second kappa shape index (κ2) is 12.2. The van der Waals surface area contributed by atoms with Crippen LogP contribution in [0.4, 0.5) is 0 Å². The van der Waals surface area contributed by atoms with E-state index in [1.807, 2.05) is 19.9 Å². The molecule has 0 aliphatic rings. The predicted molar refractivity (Wildman–Crippen MR) is 108 cm³/mol. The lowest BCUT2D eigenvalue weighted by Crippen LogP contribution is -2.52. The SMILES string of the molecule is CC(C)(CCCO)CCN[C@@H](CC(=O)O)C(=O)N[C@@H](Cc1ccccc1)C(=O)O. The Kier molecular flexibility index (Phi) is 10.3. The standard InChI is InChI=1S/C21H32N2O6/c1-21(2,9-6-12-24)10-11-22-16(14-18(25)26)19(27)23-17(20(28)29)13-15-7-4-3-5-8-15/h3-5,7-8,16-17,22,24H,6,9-14H2,1-2H3,(H,23,27)(H,25,26)(H,28,29)/t16-,17-/m0/s1. The summed E-state index contributed by atoms with van der Waals surface area (Å²) in [6.07, 6.45) is 1.82. The van der Waals surface area contributed by atoms with Gasteiger partial charge in [0.05, 0.1) is 12.5 Å². The van der Waals surface area contributed by atoms with E-state index < -0.39 is 36.4 Å². The highest BCUT2D eigenvalue weighted by Gasteiger charge is 2.27. The van der Waals surface area contributed by atoms with Gasteiger partial charge in [0.2, 0.25) is 5.91 Å². The summed E-state index contributed by atoms with van der Waals surface area (Å²) in [6, 6.07) is 6.73. The third kappa shape index (κ3) is 10.0. The molecular formula is C21H32N2O6. The summed E-state index contributed by atoms with van der Waals surface area (Å²) in [6.45, 7) is 4.59. The summed E-state index contributed by atoms with van der Waals surface area (Å²) in [5.41, 5.74) is 0.685. The van der Waals surface area contributed by atoms with Gasteiger partial charge in [-0.15, -0.1) is 0 Å². The maximum atomic E-state index is 12.6. The van der Waals surface area contributed by atoms with Crippen molar-refractivity contribution in [2.24, 2.45) is 5.41 Å². The summed E-state index contributed by atoms with van der Waals surface area (Å²) >= 11 is 0. The van der Waals surface area contributed by atoms with Crippen LogP contribution in [0.5, 0.6) is 0 Å². The number of nitrogens with one attached hydrogen (secondary N) is 2. The van der Waals surface area contributed by atoms with Crippen LogP contribution >= 0.6 is 0 Å². The van der Waals surface area contributed by atoms with E-state index in [9.17, 15) is 19.5 Å². The molecule has 5 N–H and O–H groups in total. The normalized spacial score (nSPS) is 13.5. The van der Waals surface area contributed by atoms with Gasteiger partial charge in [-0.25, -0.2) is 4.79 Å². The molecule has 2 atom stereocenters. The van der Waals surface area contributed by atoms with Gasteiger partial charge in [-0.2, -0.15) is 0 Å². The second-order valence-corrected chi connectivity index (χ2v) is 7.94. The van der Waals surface area contributed by atoms with Crippen molar-refractivity contribution in [3.05, 3.63) is 35.9 Å². The Morgan fingerprint density at radius 3 is 2.24 bits per heavy atom. The van der Waals surface area contributed by atoms with Gasteiger partial charge in [0, 0.05) is 13.0 Å². The predicted octanol–water partition coefficient (Wildman–Crippen LogP) is 1.42. The van der Waals surface area contributed by atoms with Gasteiger partial charge in [-0.05, 0) is 36.8 Å². The first-order valence-corrected chi connectivity index (χ1v) is 9.78. The van der Waals surface area contributed by atoms with Crippen LogP contribution in [0.25, 0.3) is 0 Å². The number of aliphatic carboxylic acids is 2. The Morgan fingerprint density at radius 2 is 1.69 bits per heavy atom. The van der Waals surface area contributed by atoms with Gasteiger partial charge in [0.15, 0.2) is 0 Å². The molecule has 0 radical (unpaired) electrons. The summed E-state index contributed by atoms with van der Waals surface area (Å²) in [5, 5.41) is 32.9. The Balaban J connectivity index is 2.70. The molecule has 1 amide bonds. The third-order valence-corrected chi connectivity index (χ3v) is 4.80. The van der Waals surface area contributed by atoms with Crippen LogP contribution in [0.15, 0.2) is 30.3 Å². The average Bonchev–Trinajstić information content (AvgIpc) is 2.65. The minimum atomic E-state index is -1.18. The molecule has 0 saturated heterocycles. The molecule has 0 saturated carbocycles. The van der Waals surface area contributed by atoms with Crippen LogP contribution < -0.4 is 10.6 Å². The van der Waals surface area contributed by atoms with E-state index in [1.165, 1.54) is 0 Å². The summed E-state index contributed by atoms with van der Waals surface area (Å²) in [5.74, 6) is -2.97. The lowest BCUT2D eigenvalue weighted by molar-refractivity contribution is -0.143. The summed E-state index contributed by atoms with van der Waals surface area (Å²) in [7, 11) is 0. The Labute approximate surface area is 171 Å². The Morgan fingerprint density at radius 1 is 1.03 bits per heavy atom. The summed E-state index contributed by atoms with van der Waals surface area (Å²) in [4.78, 5) is 35.3. The highest BCUT2D eigenvalue weighted by atomic mass is 16.4. The molecule has 1 rings (SSSR count). The van der Waals surface area contributed by atoms with E-state index in [2.05, 4.69) is 10.6 Å². The van der Waals surface area contributed by atoms with Crippen molar-refractivity contribution in [1.82, 2.24) is 10.6 Å². The summed E-state index contributed by atoms with van der Waals surface area (Å²) < 4.78 is 0. The zero-order valence-electron chi connectivity index (χ0n) is 17.1. The molecule has 0 unspecified atom stereocenters. The topological polar surface area (TPSA) is 136 Å². The zero-order chi connectivity index (χ0) is 21.9. The monoisotopic (exact) mass is 408 g/mol. The van der Waals surface area contributed by atoms with Gasteiger partial charge >= 0.3 is 11.9 Å². The zero-order valence-corrected chi connectivity index (χ0v) is 17.1. The van der Waals surface area contributed by atoms with Crippen LogP contribution in [0.3, 0.4) is 0 Å². The van der Waals surface area contributed by atoms with Crippen LogP contribution in [-0.2, 0) is 20.8 Å². The highest BCUT2D eigenvalue weighted by molar-refractivity contribution is 5.89. The van der Waals surface area contributed by atoms with Gasteiger partial charge in [-0.1, -0.05) is 44.2 Å². The molecule has 0 aromatic heterocycles. The van der Waals surface area contributed by atoms with Crippen molar-refractivity contribution in [2.75, 3.05) is 13.2 Å². The molecule has 162 valence electrons. The van der Waals surface area contributed by atoms with E-state index in [0.29, 0.717) is 19.4 Å². The number of carbonyl (C=O) groups excluding carboxylic acids is 1. The van der Waals surface area contributed by atoms with Crippen molar-refractivity contribution in [3.8, 4) is 0 Å². The van der Waals surface area contributed by atoms with E-state index in [-0.39, 0.29) is 18.4 Å². The van der Waals surface area contributed by atoms with Crippen molar-refractivity contribution >= 4 is 17.8 Å². The van der Waals surface area contributed by atoms with Crippen LogP contribution in [0.1, 0.15) is 45.1 Å². The fourth-order valence-electron chi connectivity index (χ4n) is 3.02. The molecule has 0 aliphatic carbocycles. The average molecular weight is 408 g/mol. The minimum Gasteiger partial charge on any atom is -0.481 e. The number of hydrogen-bond donors (Lipinski definition) is 5. The number of carboxylic acids is 2. The number of carbonyl (C=O) groups is 3. The molecule has 0 fully saturated rings. The van der Waals surface area contributed by atoms with Crippen LogP contribution in [0.2, 0.25) is 0 Å². The van der Waals surface area contributed by atoms with Gasteiger partial charge in [0.1, 0.15) is 6.04 Å². The molecule has 0 aliphatic heterocycles. The van der Waals surface area contributed by atoms with Gasteiger partial charge < -0.3 is 26.0 Å². The number of benzene rings is 1. The maximum absolute atomic E-state index is 12.6. The molecule has 0 spiro atoms. The fraction of sp³-hybridized carbons (Fsp3) is 0.571. The van der Waals surface area contributed by atoms with Crippen molar-refractivity contribution in [2.45, 2.75) is 58.0 Å². The van der Waals surface area contributed by atoms with Crippen molar-refractivity contribution < 1.29 is 29.7 Å². The molecule has 1 aromatic rings. The molecule has 8 nitrogen and oxygen atoms in total. The number of hydrogen-bond acceptors (Lipinski definition) is 5. The smallest absolute Gasteiger partial charge is 0.326 e. The first kappa shape index (κ1) is 24.6. The molecule has 1 aromatic carbocycles. The largest absolute Gasteiger partial charge is 0.481 e. The number of rotatable bonds is 14. The quantitative estimate of drug-likeness (QED) is 0.314. The molecule has 29 heavy (non-hydrogen) atoms. The highest BCUT2D eigenvalue weighted by Crippen LogP contribution is 2.25. The first-order valence-electron chi connectivity index (χ1n) is 9.78. The Bertz CT molecular complexity index is 662. The Hall–Kier alpha value is -2.45. The molecule has 0 heterocycles. The van der Waals surface area contributed by atoms with Crippen LogP contribution in [-0.4, -0.2) is 58.4 Å². The number of aliphatic hydroxyl groups excluding tert-OH is 1. The molecular weight excluding hydrogens is 376 g/mol. The maximum Gasteiger partial charge on any atom is 0.326 e. The van der Waals surface area contributed by atoms with Gasteiger partial charge in [0.25, 0.3) is 0 Å². The first-order chi connectivity index (χ1) is 13.6. The number of carboxylic acid groups (broad SMARTS) is 2. The lowest BCUT2D eigenvalue weighted by atomic mass is 9.84. The minimum absolute atomic E-state index is 0.0725. The number of aliphatic hydroxyl groups is 1. The number of amides is 1. The third-order valence-electron chi connectivity index (χ3n) is 4.80. The van der Waals surface area contributed by atoms with Gasteiger partial charge in [-0.3, -0.25) is 9.59 Å². The lowest BCUT2D eigenvalue weighted by Gasteiger charge is -2.26. The van der Waals surface area contributed by atoms with Crippen molar-refractivity contribution in [1.29, 1.82) is 0 Å². The second-order valence-electron chi connectivity index (χ2n) is 7.94. The van der Waals surface area contributed by atoms with Crippen molar-refractivity contribution in [3.63, 3.8) is 0 Å². The van der Waals surface area contributed by atoms with Crippen LogP contribution in [0, 0.1) is 5.41 Å². The van der Waals surface area contributed by atoms with E-state index in [4.69, 9.17) is 10.2 Å². The van der Waals surface area contributed by atoms with E-state index >= 15 is 0 Å². The molecule has 8 heteroatoms.